The van der Waals surface area contributed by atoms with E-state index in [0.717, 1.165) is 56.0 Å². The molecule has 172 valence electrons. The lowest BCUT2D eigenvalue weighted by molar-refractivity contribution is -0.141. The molecule has 32 heavy (non-hydrogen) atoms. The van der Waals surface area contributed by atoms with Crippen molar-refractivity contribution in [2.24, 2.45) is 11.3 Å². The zero-order chi connectivity index (χ0) is 22.6. The lowest BCUT2D eigenvalue weighted by Gasteiger charge is -2.32. The van der Waals surface area contributed by atoms with Crippen molar-refractivity contribution in [2.75, 3.05) is 46.3 Å². The SMILES string of the molecule is CCn1nc(C)c(-c2cc(C(=O)N3C[C@@H]4CN(C)C[C@]4(C(=O)N4CCCC4)C3)no2)c1C. The highest BCUT2D eigenvalue weighted by Crippen LogP contribution is 2.44. The van der Waals surface area contributed by atoms with Crippen molar-refractivity contribution in [2.45, 2.75) is 40.2 Å². The molecule has 0 N–H and O–H groups in total. The van der Waals surface area contributed by atoms with Crippen molar-refractivity contribution in [1.82, 2.24) is 29.6 Å². The van der Waals surface area contributed by atoms with E-state index in [2.05, 4.69) is 22.2 Å². The Kier molecular flexibility index (Phi) is 5.11. The van der Waals surface area contributed by atoms with Crippen molar-refractivity contribution in [1.29, 1.82) is 0 Å². The molecule has 2 aromatic heterocycles. The van der Waals surface area contributed by atoms with E-state index in [0.29, 0.717) is 31.1 Å². The Morgan fingerprint density at radius 2 is 1.91 bits per heavy atom. The number of carbonyl (C=O) groups excluding carboxylic acids is 2. The van der Waals surface area contributed by atoms with Gasteiger partial charge in [0.15, 0.2) is 11.5 Å². The lowest BCUT2D eigenvalue weighted by atomic mass is 9.79. The van der Waals surface area contributed by atoms with Crippen molar-refractivity contribution in [3.8, 4) is 11.3 Å². The summed E-state index contributed by atoms with van der Waals surface area (Å²) in [6, 6.07) is 1.72. The number of hydrogen-bond donors (Lipinski definition) is 0. The van der Waals surface area contributed by atoms with Gasteiger partial charge in [0, 0.05) is 63.5 Å². The number of fused-ring (bicyclic) bond motifs is 1. The van der Waals surface area contributed by atoms with Crippen LogP contribution in [0.1, 0.15) is 41.6 Å². The van der Waals surface area contributed by atoms with E-state index in [-0.39, 0.29) is 17.7 Å². The van der Waals surface area contributed by atoms with Gasteiger partial charge in [-0.15, -0.1) is 0 Å². The van der Waals surface area contributed by atoms with Gasteiger partial charge < -0.3 is 19.2 Å². The smallest absolute Gasteiger partial charge is 0.276 e. The maximum atomic E-state index is 13.5. The molecule has 9 heteroatoms. The van der Waals surface area contributed by atoms with Gasteiger partial charge in [0.1, 0.15) is 0 Å². The van der Waals surface area contributed by atoms with E-state index in [9.17, 15) is 9.59 Å². The van der Waals surface area contributed by atoms with Gasteiger partial charge in [0.2, 0.25) is 5.91 Å². The van der Waals surface area contributed by atoms with E-state index in [1.807, 2.05) is 35.3 Å². The van der Waals surface area contributed by atoms with E-state index in [4.69, 9.17) is 4.52 Å². The Morgan fingerprint density at radius 1 is 1.16 bits per heavy atom. The van der Waals surface area contributed by atoms with Crippen LogP contribution in [0.15, 0.2) is 10.6 Å². The number of nitrogens with zero attached hydrogens (tertiary/aromatic N) is 6. The summed E-state index contributed by atoms with van der Waals surface area (Å²) >= 11 is 0. The third-order valence-corrected chi connectivity index (χ3v) is 7.54. The Labute approximate surface area is 188 Å². The van der Waals surface area contributed by atoms with Crippen LogP contribution in [0.4, 0.5) is 0 Å². The van der Waals surface area contributed by atoms with Gasteiger partial charge >= 0.3 is 0 Å². The minimum atomic E-state index is -0.503. The van der Waals surface area contributed by atoms with Crippen LogP contribution < -0.4 is 0 Å². The largest absolute Gasteiger partial charge is 0.355 e. The number of aromatic nitrogens is 3. The Bertz CT molecular complexity index is 1050. The average molecular weight is 441 g/mol. The molecule has 3 fully saturated rings. The molecule has 0 aliphatic carbocycles. The third-order valence-electron chi connectivity index (χ3n) is 7.54. The molecule has 0 radical (unpaired) electrons. The van der Waals surface area contributed by atoms with Crippen molar-refractivity contribution >= 4 is 11.8 Å². The van der Waals surface area contributed by atoms with E-state index < -0.39 is 5.41 Å². The molecule has 3 aliphatic rings. The topological polar surface area (TPSA) is 87.7 Å². The molecule has 0 bridgehead atoms. The molecule has 3 aliphatic heterocycles. The number of likely N-dealkylation sites (tertiary alicyclic amines) is 3. The van der Waals surface area contributed by atoms with Gasteiger partial charge in [-0.2, -0.15) is 5.10 Å². The van der Waals surface area contributed by atoms with Gasteiger partial charge in [-0.3, -0.25) is 14.3 Å². The molecule has 0 spiro atoms. The second kappa shape index (κ2) is 7.72. The zero-order valence-electron chi connectivity index (χ0n) is 19.4. The quantitative estimate of drug-likeness (QED) is 0.721. The van der Waals surface area contributed by atoms with Crippen molar-refractivity contribution in [3.63, 3.8) is 0 Å². The van der Waals surface area contributed by atoms with E-state index >= 15 is 0 Å². The first-order valence-corrected chi connectivity index (χ1v) is 11.6. The summed E-state index contributed by atoms with van der Waals surface area (Å²) in [4.78, 5) is 32.9. The summed E-state index contributed by atoms with van der Waals surface area (Å²) in [7, 11) is 2.06. The van der Waals surface area contributed by atoms with Crippen LogP contribution in [0.2, 0.25) is 0 Å². The van der Waals surface area contributed by atoms with Crippen molar-refractivity contribution < 1.29 is 14.1 Å². The predicted octanol–water partition coefficient (Wildman–Crippen LogP) is 1.80. The molecular formula is C23H32N6O3. The number of rotatable bonds is 4. The predicted molar refractivity (Wildman–Crippen MR) is 118 cm³/mol. The highest BCUT2D eigenvalue weighted by atomic mass is 16.5. The van der Waals surface area contributed by atoms with Crippen LogP contribution in [0.25, 0.3) is 11.3 Å². The van der Waals surface area contributed by atoms with Crippen LogP contribution in [0.5, 0.6) is 0 Å². The van der Waals surface area contributed by atoms with Crippen LogP contribution in [0.3, 0.4) is 0 Å². The summed E-state index contributed by atoms with van der Waals surface area (Å²) in [6.07, 6.45) is 2.14. The summed E-state index contributed by atoms with van der Waals surface area (Å²) in [6.45, 7) is 11.0. The van der Waals surface area contributed by atoms with Crippen LogP contribution >= 0.6 is 0 Å². The molecule has 2 atom stereocenters. The van der Waals surface area contributed by atoms with Crippen LogP contribution in [-0.4, -0.2) is 87.8 Å². The summed E-state index contributed by atoms with van der Waals surface area (Å²) in [5.74, 6) is 0.774. The molecular weight excluding hydrogens is 408 g/mol. The fraction of sp³-hybridized carbons (Fsp3) is 0.652. The van der Waals surface area contributed by atoms with E-state index in [1.165, 1.54) is 0 Å². The number of carbonyl (C=O) groups is 2. The molecule has 0 unspecified atom stereocenters. The fourth-order valence-electron chi connectivity index (χ4n) is 6.03. The van der Waals surface area contributed by atoms with Gasteiger partial charge in [0.05, 0.1) is 16.7 Å². The Balaban J connectivity index is 1.38. The van der Waals surface area contributed by atoms with Gasteiger partial charge in [0.25, 0.3) is 5.91 Å². The van der Waals surface area contributed by atoms with Crippen LogP contribution in [0, 0.1) is 25.2 Å². The molecule has 2 amide bonds. The maximum absolute atomic E-state index is 13.5. The first-order chi connectivity index (χ1) is 15.3. The summed E-state index contributed by atoms with van der Waals surface area (Å²) < 4.78 is 7.50. The first kappa shape index (κ1) is 21.2. The van der Waals surface area contributed by atoms with E-state index in [1.54, 1.807) is 6.07 Å². The normalized spacial score (nSPS) is 25.7. The van der Waals surface area contributed by atoms with Crippen LogP contribution in [-0.2, 0) is 11.3 Å². The number of amides is 2. The standard InChI is InChI=1S/C23H32N6O3/c1-5-29-16(3)20(15(2)24-29)19-10-18(25-32-19)21(30)28-12-17-11-26(4)13-23(17,14-28)22(31)27-8-6-7-9-27/h10,17H,5-9,11-14H2,1-4H3/t17-,23-/m0/s1. The molecule has 0 saturated carbocycles. The highest BCUT2D eigenvalue weighted by molar-refractivity contribution is 5.95. The Hall–Kier alpha value is -2.68. The zero-order valence-corrected chi connectivity index (χ0v) is 19.4. The summed E-state index contributed by atoms with van der Waals surface area (Å²) in [5, 5.41) is 8.63. The van der Waals surface area contributed by atoms with Crippen molar-refractivity contribution in [3.05, 3.63) is 23.1 Å². The number of hydrogen-bond acceptors (Lipinski definition) is 6. The molecule has 9 nitrogen and oxygen atoms in total. The first-order valence-electron chi connectivity index (χ1n) is 11.6. The second-order valence-electron chi connectivity index (χ2n) is 9.67. The number of aryl methyl sites for hydroxylation is 2. The second-order valence-corrected chi connectivity index (χ2v) is 9.67. The minimum absolute atomic E-state index is 0.156. The van der Waals surface area contributed by atoms with Gasteiger partial charge in [-0.05, 0) is 40.7 Å². The molecule has 5 rings (SSSR count). The fourth-order valence-corrected chi connectivity index (χ4v) is 6.03. The Morgan fingerprint density at radius 3 is 2.59 bits per heavy atom. The van der Waals surface area contributed by atoms with Gasteiger partial charge in [-0.25, -0.2) is 0 Å². The molecule has 2 aromatic rings. The molecule has 0 aromatic carbocycles. The lowest BCUT2D eigenvalue weighted by Crippen LogP contribution is -2.49. The maximum Gasteiger partial charge on any atom is 0.276 e. The van der Waals surface area contributed by atoms with Gasteiger partial charge in [-0.1, -0.05) is 5.16 Å². The summed E-state index contributed by atoms with van der Waals surface area (Å²) in [5.41, 5.74) is 2.53. The molecule has 3 saturated heterocycles. The average Bonchev–Trinajstić information content (AvgIpc) is 3.55. The molecule has 5 heterocycles. The minimum Gasteiger partial charge on any atom is -0.355 e. The highest BCUT2D eigenvalue weighted by Gasteiger charge is 2.58. The third kappa shape index (κ3) is 3.17. The monoisotopic (exact) mass is 440 g/mol.